The normalized spacial score (nSPS) is 17.7. The zero-order valence-electron chi connectivity index (χ0n) is 18.3. The molecule has 0 spiro atoms. The van der Waals surface area contributed by atoms with E-state index < -0.39 is 12.1 Å². The SMILES string of the molecule is CCCCCCCCC/C=C/C1CC(=O)N(CC(C)OC(=O)c2ccccc2)C1=O. The molecule has 1 saturated heterocycles. The lowest BCUT2D eigenvalue weighted by Gasteiger charge is -2.20. The number of amides is 2. The van der Waals surface area contributed by atoms with Gasteiger partial charge in [0.15, 0.2) is 0 Å². The van der Waals surface area contributed by atoms with Crippen molar-refractivity contribution in [2.24, 2.45) is 5.92 Å². The van der Waals surface area contributed by atoms with E-state index in [0.717, 1.165) is 12.8 Å². The van der Waals surface area contributed by atoms with Gasteiger partial charge in [-0.25, -0.2) is 4.79 Å². The van der Waals surface area contributed by atoms with Crippen molar-refractivity contribution in [3.63, 3.8) is 0 Å². The van der Waals surface area contributed by atoms with Crippen molar-refractivity contribution in [2.75, 3.05) is 6.54 Å². The lowest BCUT2D eigenvalue weighted by atomic mass is 10.1. The van der Waals surface area contributed by atoms with Crippen LogP contribution in [0.15, 0.2) is 42.5 Å². The highest BCUT2D eigenvalue weighted by atomic mass is 16.5. The smallest absolute Gasteiger partial charge is 0.338 e. The van der Waals surface area contributed by atoms with Crippen LogP contribution in [0.2, 0.25) is 0 Å². The maximum Gasteiger partial charge on any atom is 0.338 e. The Labute approximate surface area is 180 Å². The lowest BCUT2D eigenvalue weighted by molar-refractivity contribution is -0.140. The Hall–Kier alpha value is -2.43. The largest absolute Gasteiger partial charge is 0.457 e. The molecule has 2 amide bonds. The molecule has 1 aliphatic rings. The van der Waals surface area contributed by atoms with Crippen LogP contribution in [0.4, 0.5) is 0 Å². The molecule has 0 bridgehead atoms. The quantitative estimate of drug-likeness (QED) is 0.190. The molecular weight excluding hydrogens is 378 g/mol. The number of nitrogens with zero attached hydrogens (tertiary/aromatic N) is 1. The standard InChI is InChI=1S/C25H35NO4/c1-3-4-5-6-7-8-9-10-12-17-22-18-23(27)26(24(22)28)19-20(2)30-25(29)21-15-13-11-14-16-21/h11-17,20,22H,3-10,18-19H2,1-2H3/b17-12+. The number of esters is 1. The molecule has 0 saturated carbocycles. The van der Waals surface area contributed by atoms with Gasteiger partial charge in [-0.05, 0) is 31.9 Å². The molecular formula is C25H35NO4. The fourth-order valence-corrected chi connectivity index (χ4v) is 3.65. The van der Waals surface area contributed by atoms with Crippen molar-refractivity contribution in [1.82, 2.24) is 4.90 Å². The highest BCUT2D eigenvalue weighted by Crippen LogP contribution is 2.22. The summed E-state index contributed by atoms with van der Waals surface area (Å²) in [6.45, 7) is 4.02. The van der Waals surface area contributed by atoms with Gasteiger partial charge >= 0.3 is 5.97 Å². The second-order valence-corrected chi connectivity index (χ2v) is 8.07. The lowest BCUT2D eigenvalue weighted by Crippen LogP contribution is -2.38. The molecule has 5 heteroatoms. The summed E-state index contributed by atoms with van der Waals surface area (Å²) in [5.74, 6) is -1.24. The van der Waals surface area contributed by atoms with E-state index in [1.807, 2.05) is 18.2 Å². The van der Waals surface area contributed by atoms with Gasteiger partial charge in [-0.3, -0.25) is 14.5 Å². The van der Waals surface area contributed by atoms with E-state index in [2.05, 4.69) is 6.92 Å². The van der Waals surface area contributed by atoms with Crippen molar-refractivity contribution in [3.8, 4) is 0 Å². The van der Waals surface area contributed by atoms with Crippen LogP contribution in [0.1, 0.15) is 82.0 Å². The zero-order valence-corrected chi connectivity index (χ0v) is 18.3. The highest BCUT2D eigenvalue weighted by molar-refractivity contribution is 6.04. The molecule has 0 N–H and O–H groups in total. The molecule has 1 aromatic carbocycles. The maximum atomic E-state index is 12.6. The van der Waals surface area contributed by atoms with Crippen LogP contribution >= 0.6 is 0 Å². The first-order chi connectivity index (χ1) is 14.5. The Morgan fingerprint density at radius 2 is 1.77 bits per heavy atom. The van der Waals surface area contributed by atoms with Gasteiger partial charge in [-0.15, -0.1) is 0 Å². The molecule has 5 nitrogen and oxygen atoms in total. The first-order valence-electron chi connectivity index (χ1n) is 11.3. The number of hydrogen-bond donors (Lipinski definition) is 0. The molecule has 0 radical (unpaired) electrons. The van der Waals surface area contributed by atoms with Crippen LogP contribution in [0.3, 0.4) is 0 Å². The summed E-state index contributed by atoms with van der Waals surface area (Å²) in [6.07, 6.45) is 13.3. The van der Waals surface area contributed by atoms with E-state index in [1.54, 1.807) is 31.2 Å². The molecule has 0 aliphatic carbocycles. The number of rotatable bonds is 13. The van der Waals surface area contributed by atoms with Gasteiger partial charge in [0.1, 0.15) is 6.10 Å². The van der Waals surface area contributed by atoms with E-state index in [1.165, 1.54) is 43.4 Å². The van der Waals surface area contributed by atoms with Crippen molar-refractivity contribution < 1.29 is 19.1 Å². The van der Waals surface area contributed by atoms with E-state index >= 15 is 0 Å². The molecule has 1 aromatic rings. The van der Waals surface area contributed by atoms with Crippen LogP contribution < -0.4 is 0 Å². The van der Waals surface area contributed by atoms with Crippen molar-refractivity contribution >= 4 is 17.8 Å². The fourth-order valence-electron chi connectivity index (χ4n) is 3.65. The molecule has 164 valence electrons. The van der Waals surface area contributed by atoms with E-state index in [-0.39, 0.29) is 30.7 Å². The molecule has 1 aliphatic heterocycles. The summed E-state index contributed by atoms with van der Waals surface area (Å²) in [7, 11) is 0. The molecule has 1 heterocycles. The number of imide groups is 1. The summed E-state index contributed by atoms with van der Waals surface area (Å²) in [6, 6.07) is 8.69. The average Bonchev–Trinajstić information content (AvgIpc) is 3.00. The molecule has 1 fully saturated rings. The van der Waals surface area contributed by atoms with E-state index in [4.69, 9.17) is 4.74 Å². The van der Waals surface area contributed by atoms with Crippen molar-refractivity contribution in [3.05, 3.63) is 48.0 Å². The van der Waals surface area contributed by atoms with E-state index in [9.17, 15) is 14.4 Å². The molecule has 2 unspecified atom stereocenters. The minimum Gasteiger partial charge on any atom is -0.457 e. The average molecular weight is 414 g/mol. The Morgan fingerprint density at radius 1 is 1.10 bits per heavy atom. The van der Waals surface area contributed by atoms with Crippen LogP contribution in [0.5, 0.6) is 0 Å². The molecule has 0 aromatic heterocycles. The zero-order chi connectivity index (χ0) is 21.8. The summed E-state index contributed by atoms with van der Waals surface area (Å²) in [4.78, 5) is 38.2. The number of ether oxygens (including phenoxy) is 1. The number of carbonyl (C=O) groups excluding carboxylic acids is 3. The third-order valence-electron chi connectivity index (χ3n) is 5.38. The minimum absolute atomic E-state index is 0.0956. The molecule has 30 heavy (non-hydrogen) atoms. The number of benzene rings is 1. The number of unbranched alkanes of at least 4 members (excludes halogenated alkanes) is 7. The third-order valence-corrected chi connectivity index (χ3v) is 5.38. The van der Waals surface area contributed by atoms with Crippen molar-refractivity contribution in [2.45, 2.75) is 77.7 Å². The monoisotopic (exact) mass is 413 g/mol. The van der Waals surface area contributed by atoms with Crippen LogP contribution in [0, 0.1) is 5.92 Å². The number of likely N-dealkylation sites (tertiary alicyclic amines) is 1. The van der Waals surface area contributed by atoms with Gasteiger partial charge in [-0.2, -0.15) is 0 Å². The van der Waals surface area contributed by atoms with Gasteiger partial charge in [0, 0.05) is 6.42 Å². The van der Waals surface area contributed by atoms with Crippen LogP contribution in [0.25, 0.3) is 0 Å². The van der Waals surface area contributed by atoms with Gasteiger partial charge in [-0.1, -0.05) is 75.8 Å². The summed E-state index contributed by atoms with van der Waals surface area (Å²) in [5.41, 5.74) is 0.453. The molecule has 2 rings (SSSR count). The number of carbonyl (C=O) groups is 3. The first-order valence-corrected chi connectivity index (χ1v) is 11.3. The van der Waals surface area contributed by atoms with Crippen molar-refractivity contribution in [1.29, 1.82) is 0 Å². The predicted molar refractivity (Wildman–Crippen MR) is 118 cm³/mol. The summed E-state index contributed by atoms with van der Waals surface area (Å²) >= 11 is 0. The van der Waals surface area contributed by atoms with Crippen LogP contribution in [-0.2, 0) is 14.3 Å². The number of hydrogen-bond acceptors (Lipinski definition) is 4. The maximum absolute atomic E-state index is 12.6. The number of allylic oxidation sites excluding steroid dienone is 1. The minimum atomic E-state index is -0.555. The second-order valence-electron chi connectivity index (χ2n) is 8.07. The van der Waals surface area contributed by atoms with Crippen LogP contribution in [-0.4, -0.2) is 35.3 Å². The predicted octanol–water partition coefficient (Wildman–Crippen LogP) is 5.30. The topological polar surface area (TPSA) is 63.7 Å². The Balaban J connectivity index is 1.71. The van der Waals surface area contributed by atoms with Gasteiger partial charge in [0.25, 0.3) is 0 Å². The van der Waals surface area contributed by atoms with E-state index in [0.29, 0.717) is 5.56 Å². The molecule has 2 atom stereocenters. The second kappa shape index (κ2) is 13.0. The third kappa shape index (κ3) is 7.77. The van der Waals surface area contributed by atoms with Gasteiger partial charge in [0.2, 0.25) is 11.8 Å². The van der Waals surface area contributed by atoms with Gasteiger partial charge in [0.05, 0.1) is 18.0 Å². The summed E-state index contributed by atoms with van der Waals surface area (Å²) in [5, 5.41) is 0. The Kier molecular flexibility index (Phi) is 10.3. The summed E-state index contributed by atoms with van der Waals surface area (Å²) < 4.78 is 5.39. The Bertz CT molecular complexity index is 713. The highest BCUT2D eigenvalue weighted by Gasteiger charge is 2.37. The Morgan fingerprint density at radius 3 is 2.47 bits per heavy atom. The first kappa shape index (κ1) is 23.8. The fraction of sp³-hybridized carbons (Fsp3) is 0.560. The van der Waals surface area contributed by atoms with Gasteiger partial charge < -0.3 is 4.74 Å².